The van der Waals surface area contributed by atoms with Crippen LogP contribution in [0.3, 0.4) is 0 Å². The SMILES string of the molecule is COc1cc(-n2cc(Cl)cc2C(=O)O)c(Br)cc1Br. The highest BCUT2D eigenvalue weighted by molar-refractivity contribution is 9.11. The molecule has 0 atom stereocenters. The fourth-order valence-corrected chi connectivity index (χ4v) is 3.20. The topological polar surface area (TPSA) is 51.5 Å². The normalized spacial score (nSPS) is 10.5. The van der Waals surface area contributed by atoms with E-state index in [1.54, 1.807) is 25.4 Å². The predicted molar refractivity (Wildman–Crippen MR) is 79.7 cm³/mol. The third-order valence-electron chi connectivity index (χ3n) is 2.49. The highest BCUT2D eigenvalue weighted by Crippen LogP contribution is 2.34. The number of carbonyl (C=O) groups is 1. The maximum absolute atomic E-state index is 11.2. The maximum atomic E-state index is 11.2. The first-order valence-corrected chi connectivity index (χ1v) is 7.05. The summed E-state index contributed by atoms with van der Waals surface area (Å²) in [5, 5.41) is 9.53. The number of benzene rings is 1. The largest absolute Gasteiger partial charge is 0.495 e. The van der Waals surface area contributed by atoms with E-state index in [4.69, 9.17) is 16.3 Å². The monoisotopic (exact) mass is 407 g/mol. The van der Waals surface area contributed by atoms with Gasteiger partial charge in [-0.2, -0.15) is 0 Å². The van der Waals surface area contributed by atoms with Crippen molar-refractivity contribution in [3.05, 3.63) is 44.1 Å². The number of aromatic nitrogens is 1. The van der Waals surface area contributed by atoms with Crippen LogP contribution in [-0.4, -0.2) is 22.8 Å². The first-order chi connectivity index (χ1) is 8.93. The van der Waals surface area contributed by atoms with Gasteiger partial charge >= 0.3 is 5.97 Å². The van der Waals surface area contributed by atoms with Crippen molar-refractivity contribution in [1.29, 1.82) is 0 Å². The van der Waals surface area contributed by atoms with Crippen LogP contribution < -0.4 is 4.74 Å². The van der Waals surface area contributed by atoms with Crippen molar-refractivity contribution in [2.24, 2.45) is 0 Å². The van der Waals surface area contributed by atoms with Gasteiger partial charge in [-0.25, -0.2) is 4.79 Å². The third-order valence-corrected chi connectivity index (χ3v) is 3.95. The molecule has 0 radical (unpaired) electrons. The summed E-state index contributed by atoms with van der Waals surface area (Å²) >= 11 is 12.6. The zero-order valence-electron chi connectivity index (χ0n) is 9.65. The summed E-state index contributed by atoms with van der Waals surface area (Å²) in [6.07, 6.45) is 1.54. The van der Waals surface area contributed by atoms with Crippen molar-refractivity contribution in [3.63, 3.8) is 0 Å². The average Bonchev–Trinajstić information content (AvgIpc) is 2.71. The summed E-state index contributed by atoms with van der Waals surface area (Å²) in [4.78, 5) is 11.2. The van der Waals surface area contributed by atoms with Gasteiger partial charge in [-0.15, -0.1) is 0 Å². The zero-order chi connectivity index (χ0) is 14.2. The number of nitrogens with zero attached hydrogens (tertiary/aromatic N) is 1. The quantitative estimate of drug-likeness (QED) is 0.819. The first-order valence-electron chi connectivity index (χ1n) is 5.08. The summed E-state index contributed by atoms with van der Waals surface area (Å²) in [5.74, 6) is -0.458. The molecule has 100 valence electrons. The third kappa shape index (κ3) is 2.80. The van der Waals surface area contributed by atoms with Crippen molar-refractivity contribution >= 4 is 49.4 Å². The molecule has 2 aromatic rings. The van der Waals surface area contributed by atoms with E-state index in [0.29, 0.717) is 16.5 Å². The van der Waals surface area contributed by atoms with E-state index in [2.05, 4.69) is 31.9 Å². The molecule has 4 nitrogen and oxygen atoms in total. The molecule has 0 spiro atoms. The molecule has 7 heteroatoms. The summed E-state index contributed by atoms with van der Waals surface area (Å²) in [7, 11) is 1.54. The first kappa shape index (κ1) is 14.4. The van der Waals surface area contributed by atoms with E-state index in [1.165, 1.54) is 10.6 Å². The molecule has 0 amide bonds. The number of hydrogen-bond donors (Lipinski definition) is 1. The lowest BCUT2D eigenvalue weighted by Gasteiger charge is -2.12. The molecular formula is C12H8Br2ClNO3. The van der Waals surface area contributed by atoms with Crippen LogP contribution in [0.1, 0.15) is 10.5 Å². The van der Waals surface area contributed by atoms with E-state index >= 15 is 0 Å². The number of rotatable bonds is 3. The molecule has 0 saturated heterocycles. The van der Waals surface area contributed by atoms with Gasteiger partial charge in [0, 0.05) is 16.7 Å². The van der Waals surface area contributed by atoms with E-state index in [1.807, 2.05) is 0 Å². The van der Waals surface area contributed by atoms with E-state index in [0.717, 1.165) is 8.95 Å². The molecule has 1 N–H and O–H groups in total. The minimum absolute atomic E-state index is 0.0788. The molecule has 0 aliphatic carbocycles. The molecule has 2 rings (SSSR count). The van der Waals surface area contributed by atoms with Crippen LogP contribution in [0.2, 0.25) is 5.02 Å². The number of hydrogen-bond acceptors (Lipinski definition) is 2. The second kappa shape index (κ2) is 5.56. The van der Waals surface area contributed by atoms with Crippen LogP contribution in [0.25, 0.3) is 5.69 Å². The Morgan fingerprint density at radius 1 is 1.32 bits per heavy atom. The van der Waals surface area contributed by atoms with Gasteiger partial charge in [0.2, 0.25) is 0 Å². The van der Waals surface area contributed by atoms with Crippen LogP contribution in [-0.2, 0) is 0 Å². The number of ether oxygens (including phenoxy) is 1. The summed E-state index contributed by atoms with van der Waals surface area (Å²) < 4.78 is 8.18. The molecular weight excluding hydrogens is 401 g/mol. The Labute approximate surface area is 131 Å². The van der Waals surface area contributed by atoms with Crippen LogP contribution in [0.15, 0.2) is 33.3 Å². The summed E-state index contributed by atoms with van der Waals surface area (Å²) in [5.41, 5.74) is 0.708. The summed E-state index contributed by atoms with van der Waals surface area (Å²) in [6, 6.07) is 4.90. The zero-order valence-corrected chi connectivity index (χ0v) is 13.6. The molecule has 19 heavy (non-hydrogen) atoms. The van der Waals surface area contributed by atoms with Gasteiger partial charge in [-0.1, -0.05) is 11.6 Å². The number of carboxylic acids is 1. The van der Waals surface area contributed by atoms with Crippen LogP contribution in [0.5, 0.6) is 5.75 Å². The van der Waals surface area contributed by atoms with Crippen LogP contribution in [0.4, 0.5) is 0 Å². The number of halogens is 3. The second-order valence-corrected chi connectivity index (χ2v) is 5.80. The number of aromatic carboxylic acids is 1. The highest BCUT2D eigenvalue weighted by atomic mass is 79.9. The van der Waals surface area contributed by atoms with Gasteiger partial charge in [0.05, 0.1) is 22.3 Å². The minimum Gasteiger partial charge on any atom is -0.495 e. The second-order valence-electron chi connectivity index (χ2n) is 3.66. The van der Waals surface area contributed by atoms with Gasteiger partial charge < -0.3 is 14.4 Å². The molecule has 1 aromatic carbocycles. The van der Waals surface area contributed by atoms with Gasteiger partial charge in [-0.05, 0) is 44.0 Å². The lowest BCUT2D eigenvalue weighted by molar-refractivity contribution is 0.0688. The lowest BCUT2D eigenvalue weighted by Crippen LogP contribution is -2.06. The van der Waals surface area contributed by atoms with Crippen LogP contribution in [0, 0.1) is 0 Å². The summed E-state index contributed by atoms with van der Waals surface area (Å²) in [6.45, 7) is 0. The van der Waals surface area contributed by atoms with Gasteiger partial charge in [-0.3, -0.25) is 0 Å². The predicted octanol–water partition coefficient (Wildman–Crippen LogP) is 4.36. The molecule has 0 aliphatic rings. The van der Waals surface area contributed by atoms with Gasteiger partial charge in [0.25, 0.3) is 0 Å². The standard InChI is InChI=1S/C12H8Br2ClNO3/c1-19-11-4-9(7(13)3-8(11)14)16-5-6(15)2-10(16)12(17)18/h2-5H,1H3,(H,17,18). The Bertz CT molecular complexity index is 655. The molecule has 0 bridgehead atoms. The number of methoxy groups -OCH3 is 1. The molecule has 0 unspecified atom stereocenters. The molecule has 0 fully saturated rings. The van der Waals surface area contributed by atoms with Crippen LogP contribution >= 0.6 is 43.5 Å². The number of carboxylic acid groups (broad SMARTS) is 1. The van der Waals surface area contributed by atoms with Gasteiger partial charge in [0.15, 0.2) is 0 Å². The highest BCUT2D eigenvalue weighted by Gasteiger charge is 2.16. The van der Waals surface area contributed by atoms with Gasteiger partial charge in [0.1, 0.15) is 11.4 Å². The Morgan fingerprint density at radius 3 is 2.58 bits per heavy atom. The Kier molecular flexibility index (Phi) is 4.23. The van der Waals surface area contributed by atoms with E-state index < -0.39 is 5.97 Å². The minimum atomic E-state index is -1.05. The molecule has 0 aliphatic heterocycles. The fraction of sp³-hybridized carbons (Fsp3) is 0.0833. The van der Waals surface area contributed by atoms with Crippen molar-refractivity contribution < 1.29 is 14.6 Å². The average molecular weight is 409 g/mol. The van der Waals surface area contributed by atoms with Crippen molar-refractivity contribution in [2.45, 2.75) is 0 Å². The Balaban J connectivity index is 2.68. The Hall–Kier alpha value is -0.980. The molecule has 0 saturated carbocycles. The Morgan fingerprint density at radius 2 is 2.00 bits per heavy atom. The van der Waals surface area contributed by atoms with Crippen molar-refractivity contribution in [3.8, 4) is 11.4 Å². The van der Waals surface area contributed by atoms with Crippen molar-refractivity contribution in [1.82, 2.24) is 4.57 Å². The van der Waals surface area contributed by atoms with Crippen molar-refractivity contribution in [2.75, 3.05) is 7.11 Å². The molecule has 1 heterocycles. The fourth-order valence-electron chi connectivity index (χ4n) is 1.65. The van der Waals surface area contributed by atoms with E-state index in [9.17, 15) is 9.90 Å². The molecule has 1 aromatic heterocycles. The lowest BCUT2D eigenvalue weighted by atomic mass is 10.3. The smallest absolute Gasteiger partial charge is 0.352 e. The van der Waals surface area contributed by atoms with E-state index in [-0.39, 0.29) is 5.69 Å². The maximum Gasteiger partial charge on any atom is 0.352 e.